The van der Waals surface area contributed by atoms with Crippen molar-refractivity contribution in [2.24, 2.45) is 0 Å². The number of anilines is 1. The molecule has 6 heteroatoms. The molecule has 17 heavy (non-hydrogen) atoms. The molecular formula is C11H18N4O2. The normalized spacial score (nSPS) is 14.2. The lowest BCUT2D eigenvalue weighted by Gasteiger charge is -2.13. The second-order valence-electron chi connectivity index (χ2n) is 4.07. The van der Waals surface area contributed by atoms with Crippen LogP contribution in [0.1, 0.15) is 31.0 Å². The lowest BCUT2D eigenvalue weighted by atomic mass is 10.1. The number of carbonyl (C=O) groups excluding carboxylic acids is 1. The predicted octanol–water partition coefficient (Wildman–Crippen LogP) is 1.40. The van der Waals surface area contributed by atoms with E-state index in [1.54, 1.807) is 0 Å². The summed E-state index contributed by atoms with van der Waals surface area (Å²) >= 11 is 0. The lowest BCUT2D eigenvalue weighted by molar-refractivity contribution is 0.159. The Morgan fingerprint density at radius 2 is 2.47 bits per heavy atom. The van der Waals surface area contributed by atoms with Crippen molar-refractivity contribution in [2.45, 2.75) is 32.7 Å². The molecule has 2 rings (SSSR count). The van der Waals surface area contributed by atoms with Crippen LogP contribution >= 0.6 is 0 Å². The van der Waals surface area contributed by atoms with E-state index >= 15 is 0 Å². The Hall–Kier alpha value is -1.56. The van der Waals surface area contributed by atoms with E-state index in [-0.39, 0.29) is 0 Å². The Morgan fingerprint density at radius 3 is 3.29 bits per heavy atom. The average molecular weight is 238 g/mol. The summed E-state index contributed by atoms with van der Waals surface area (Å²) in [5, 5.41) is 12.9. The molecule has 94 valence electrons. The molecule has 0 saturated heterocycles. The first-order valence-electron chi connectivity index (χ1n) is 6.02. The molecule has 0 radical (unpaired) electrons. The Morgan fingerprint density at radius 1 is 1.59 bits per heavy atom. The molecule has 1 aromatic rings. The van der Waals surface area contributed by atoms with Gasteiger partial charge in [-0.25, -0.2) is 4.79 Å². The third-order valence-electron chi connectivity index (χ3n) is 2.76. The van der Waals surface area contributed by atoms with Gasteiger partial charge in [-0.15, -0.1) is 0 Å². The van der Waals surface area contributed by atoms with E-state index in [0.29, 0.717) is 12.4 Å². The van der Waals surface area contributed by atoms with E-state index in [2.05, 4.69) is 27.8 Å². The fraction of sp³-hybridized carbons (Fsp3) is 0.636. The first kappa shape index (κ1) is 11.9. The van der Waals surface area contributed by atoms with E-state index in [0.717, 1.165) is 43.6 Å². The quantitative estimate of drug-likeness (QED) is 0.693. The maximum absolute atomic E-state index is 11.5. The third-order valence-corrected chi connectivity index (χ3v) is 2.76. The zero-order valence-corrected chi connectivity index (χ0v) is 10.0. The van der Waals surface area contributed by atoms with Gasteiger partial charge in [-0.3, -0.25) is 10.4 Å². The summed E-state index contributed by atoms with van der Waals surface area (Å²) in [7, 11) is 0. The highest BCUT2D eigenvalue weighted by Crippen LogP contribution is 2.19. The highest BCUT2D eigenvalue weighted by molar-refractivity contribution is 5.84. The number of rotatable bonds is 4. The van der Waals surface area contributed by atoms with E-state index in [1.807, 2.05) is 0 Å². The van der Waals surface area contributed by atoms with Crippen molar-refractivity contribution in [1.29, 1.82) is 0 Å². The van der Waals surface area contributed by atoms with Gasteiger partial charge < -0.3 is 10.1 Å². The molecule has 0 saturated carbocycles. The van der Waals surface area contributed by atoms with Crippen LogP contribution < -0.4 is 10.6 Å². The Kier molecular flexibility index (Phi) is 3.98. The molecule has 0 bridgehead atoms. The second kappa shape index (κ2) is 5.67. The highest BCUT2D eigenvalue weighted by atomic mass is 16.5. The number of unbranched alkanes of at least 4 members (excludes halogenated alkanes) is 1. The van der Waals surface area contributed by atoms with E-state index in [1.165, 1.54) is 0 Å². The molecular weight excluding hydrogens is 220 g/mol. The number of carbonyl (C=O) groups is 1. The molecule has 6 nitrogen and oxygen atoms in total. The van der Waals surface area contributed by atoms with Crippen LogP contribution in [0.25, 0.3) is 0 Å². The van der Waals surface area contributed by atoms with Crippen molar-refractivity contribution < 1.29 is 9.53 Å². The van der Waals surface area contributed by atoms with Crippen molar-refractivity contribution in [3.05, 3.63) is 11.3 Å². The lowest BCUT2D eigenvalue weighted by Crippen LogP contribution is -2.24. The van der Waals surface area contributed by atoms with Crippen LogP contribution in [-0.2, 0) is 17.7 Å². The van der Waals surface area contributed by atoms with Gasteiger partial charge in [0.1, 0.15) is 0 Å². The minimum absolute atomic E-state index is 0.425. The maximum atomic E-state index is 11.5. The predicted molar refractivity (Wildman–Crippen MR) is 63.9 cm³/mol. The molecule has 2 heterocycles. The number of amides is 1. The summed E-state index contributed by atoms with van der Waals surface area (Å²) < 4.78 is 5.03. The molecule has 0 aliphatic carbocycles. The average Bonchev–Trinajstić information content (AvgIpc) is 2.73. The number of fused-ring (bicyclic) bond motifs is 1. The van der Waals surface area contributed by atoms with Crippen LogP contribution in [0, 0.1) is 0 Å². The van der Waals surface area contributed by atoms with Gasteiger partial charge in [0.25, 0.3) is 0 Å². The molecule has 0 fully saturated rings. The molecule has 1 aliphatic rings. The molecule has 1 aliphatic heterocycles. The number of aromatic nitrogens is 2. The van der Waals surface area contributed by atoms with Gasteiger partial charge in [0.15, 0.2) is 5.82 Å². The number of hydrogen-bond donors (Lipinski definition) is 3. The highest BCUT2D eigenvalue weighted by Gasteiger charge is 2.18. The van der Waals surface area contributed by atoms with Crippen LogP contribution in [0.15, 0.2) is 0 Å². The van der Waals surface area contributed by atoms with Crippen LogP contribution in [-0.4, -0.2) is 29.4 Å². The molecule has 3 N–H and O–H groups in total. The minimum atomic E-state index is -0.425. The third kappa shape index (κ3) is 2.97. The molecule has 0 unspecified atom stereocenters. The number of hydrogen-bond acceptors (Lipinski definition) is 4. The Balaban J connectivity index is 1.90. The van der Waals surface area contributed by atoms with Gasteiger partial charge in [-0.05, 0) is 19.4 Å². The SMILES string of the molecule is CCCCOC(=O)Nc1n[nH]c2c1CCNC2. The Labute approximate surface area is 100 Å². The number of H-pyrrole nitrogens is 1. The fourth-order valence-electron chi connectivity index (χ4n) is 1.79. The van der Waals surface area contributed by atoms with Crippen molar-refractivity contribution in [3.63, 3.8) is 0 Å². The molecule has 1 aromatic heterocycles. The maximum Gasteiger partial charge on any atom is 0.412 e. The van der Waals surface area contributed by atoms with E-state index < -0.39 is 6.09 Å². The summed E-state index contributed by atoms with van der Waals surface area (Å²) in [5.41, 5.74) is 2.12. The molecule has 1 amide bonds. The van der Waals surface area contributed by atoms with Crippen LogP contribution in [0.3, 0.4) is 0 Å². The molecule has 0 atom stereocenters. The van der Waals surface area contributed by atoms with E-state index in [9.17, 15) is 4.79 Å². The zero-order chi connectivity index (χ0) is 12.1. The first-order valence-corrected chi connectivity index (χ1v) is 6.02. The van der Waals surface area contributed by atoms with Gasteiger partial charge in [0.2, 0.25) is 0 Å². The first-order chi connectivity index (χ1) is 8.31. The van der Waals surface area contributed by atoms with Gasteiger partial charge in [0, 0.05) is 12.1 Å². The number of nitrogens with one attached hydrogen (secondary N) is 3. The van der Waals surface area contributed by atoms with Crippen LogP contribution in [0.4, 0.5) is 10.6 Å². The number of nitrogens with zero attached hydrogens (tertiary/aromatic N) is 1. The zero-order valence-electron chi connectivity index (χ0n) is 10.0. The Bertz CT molecular complexity index is 389. The summed E-state index contributed by atoms with van der Waals surface area (Å²) in [4.78, 5) is 11.5. The van der Waals surface area contributed by atoms with Crippen LogP contribution in [0.5, 0.6) is 0 Å². The topological polar surface area (TPSA) is 79.0 Å². The largest absolute Gasteiger partial charge is 0.449 e. The van der Waals surface area contributed by atoms with Gasteiger partial charge >= 0.3 is 6.09 Å². The summed E-state index contributed by atoms with van der Waals surface area (Å²) in [5.74, 6) is 0.600. The monoisotopic (exact) mass is 238 g/mol. The summed E-state index contributed by atoms with van der Waals surface area (Å²) in [6, 6.07) is 0. The standard InChI is InChI=1S/C11H18N4O2/c1-2-3-6-17-11(16)13-10-8-4-5-12-7-9(8)14-15-10/h12H,2-7H2,1H3,(H2,13,14,15,16). The summed E-state index contributed by atoms with van der Waals surface area (Å²) in [6.07, 6.45) is 2.34. The number of aromatic amines is 1. The van der Waals surface area contributed by atoms with Crippen LogP contribution in [0.2, 0.25) is 0 Å². The minimum Gasteiger partial charge on any atom is -0.449 e. The summed E-state index contributed by atoms with van der Waals surface area (Å²) in [6.45, 7) is 4.19. The fourth-order valence-corrected chi connectivity index (χ4v) is 1.79. The number of ether oxygens (including phenoxy) is 1. The smallest absolute Gasteiger partial charge is 0.412 e. The van der Waals surface area contributed by atoms with Crippen molar-refractivity contribution in [1.82, 2.24) is 15.5 Å². The van der Waals surface area contributed by atoms with Gasteiger partial charge in [-0.2, -0.15) is 5.10 Å². The van der Waals surface area contributed by atoms with Crippen molar-refractivity contribution in [3.8, 4) is 0 Å². The second-order valence-corrected chi connectivity index (χ2v) is 4.07. The molecule has 0 spiro atoms. The molecule has 0 aromatic carbocycles. The van der Waals surface area contributed by atoms with E-state index in [4.69, 9.17) is 4.74 Å². The van der Waals surface area contributed by atoms with Crippen molar-refractivity contribution in [2.75, 3.05) is 18.5 Å². The van der Waals surface area contributed by atoms with Gasteiger partial charge in [-0.1, -0.05) is 13.3 Å². The van der Waals surface area contributed by atoms with Crippen molar-refractivity contribution >= 4 is 11.9 Å². The van der Waals surface area contributed by atoms with Gasteiger partial charge in [0.05, 0.1) is 12.3 Å².